The van der Waals surface area contributed by atoms with Gasteiger partial charge in [-0.1, -0.05) is 51.1 Å². The lowest BCUT2D eigenvalue weighted by molar-refractivity contribution is -0.140. The predicted molar refractivity (Wildman–Crippen MR) is 140 cm³/mol. The van der Waals surface area contributed by atoms with Gasteiger partial charge in [0.25, 0.3) is 11.7 Å². The van der Waals surface area contributed by atoms with Gasteiger partial charge in [-0.15, -0.1) is 0 Å². The van der Waals surface area contributed by atoms with Crippen molar-refractivity contribution < 1.29 is 14.7 Å². The van der Waals surface area contributed by atoms with Gasteiger partial charge in [0.05, 0.1) is 11.6 Å². The SMILES string of the molecule is Cc1ccc(C(C)(C)C)cc1/C(O)=C1\C(=O)C(=O)N(CCN(C)C)C1c1c(C)[nH]c2ccccc12. The van der Waals surface area contributed by atoms with Crippen LogP contribution in [0.2, 0.25) is 0 Å². The van der Waals surface area contributed by atoms with Crippen molar-refractivity contribution in [3.8, 4) is 0 Å². The Kier molecular flexibility index (Phi) is 6.36. The van der Waals surface area contributed by atoms with Crippen molar-refractivity contribution in [2.75, 3.05) is 27.2 Å². The first-order chi connectivity index (χ1) is 16.4. The number of hydrogen-bond donors (Lipinski definition) is 2. The molecule has 35 heavy (non-hydrogen) atoms. The molecule has 1 unspecified atom stereocenters. The second-order valence-corrected chi connectivity index (χ2v) is 10.8. The molecule has 1 aromatic heterocycles. The van der Waals surface area contributed by atoms with E-state index in [1.807, 2.05) is 75.3 Å². The number of nitrogens with one attached hydrogen (secondary N) is 1. The van der Waals surface area contributed by atoms with E-state index in [9.17, 15) is 14.7 Å². The van der Waals surface area contributed by atoms with E-state index >= 15 is 0 Å². The molecule has 0 aliphatic carbocycles. The quantitative estimate of drug-likeness (QED) is 0.308. The number of rotatable bonds is 5. The Bertz CT molecular complexity index is 1340. The number of likely N-dealkylation sites (tertiary alicyclic amines) is 1. The number of nitrogens with zero attached hydrogens (tertiary/aromatic N) is 2. The second-order valence-electron chi connectivity index (χ2n) is 10.8. The smallest absolute Gasteiger partial charge is 0.295 e. The van der Waals surface area contributed by atoms with Crippen LogP contribution in [0.15, 0.2) is 48.0 Å². The molecular weight excluding hydrogens is 438 g/mol. The van der Waals surface area contributed by atoms with Gasteiger partial charge in [-0.25, -0.2) is 0 Å². The molecular formula is C29H35N3O3. The topological polar surface area (TPSA) is 76.6 Å². The van der Waals surface area contributed by atoms with Crippen LogP contribution in [0.5, 0.6) is 0 Å². The number of carbonyl (C=O) groups excluding carboxylic acids is 2. The number of benzene rings is 2. The molecule has 1 atom stereocenters. The largest absolute Gasteiger partial charge is 0.507 e. The van der Waals surface area contributed by atoms with Crippen molar-refractivity contribution in [3.05, 3.63) is 76.0 Å². The van der Waals surface area contributed by atoms with Crippen LogP contribution in [0.3, 0.4) is 0 Å². The summed E-state index contributed by atoms with van der Waals surface area (Å²) in [5.41, 5.74) is 5.16. The molecule has 1 amide bonds. The fourth-order valence-electron chi connectivity index (χ4n) is 4.86. The number of hydrogen-bond acceptors (Lipinski definition) is 4. The summed E-state index contributed by atoms with van der Waals surface area (Å²) in [7, 11) is 3.87. The average Bonchev–Trinajstić information content (AvgIpc) is 3.23. The number of fused-ring (bicyclic) bond motifs is 1. The minimum atomic E-state index is -0.677. The molecule has 2 N–H and O–H groups in total. The highest BCUT2D eigenvalue weighted by Crippen LogP contribution is 2.44. The number of aromatic amines is 1. The van der Waals surface area contributed by atoms with Gasteiger partial charge in [0.1, 0.15) is 5.76 Å². The zero-order valence-corrected chi connectivity index (χ0v) is 21.7. The molecule has 184 valence electrons. The number of amides is 1. The number of aromatic nitrogens is 1. The van der Waals surface area contributed by atoms with E-state index in [1.165, 1.54) is 0 Å². The summed E-state index contributed by atoms with van der Waals surface area (Å²) >= 11 is 0. The summed E-state index contributed by atoms with van der Waals surface area (Å²) in [5.74, 6) is -1.34. The van der Waals surface area contributed by atoms with Crippen LogP contribution >= 0.6 is 0 Å². The number of H-pyrrole nitrogens is 1. The maximum Gasteiger partial charge on any atom is 0.295 e. The lowest BCUT2D eigenvalue weighted by atomic mass is 9.84. The van der Waals surface area contributed by atoms with Gasteiger partial charge in [0.15, 0.2) is 0 Å². The van der Waals surface area contributed by atoms with Crippen LogP contribution in [0, 0.1) is 13.8 Å². The Morgan fingerprint density at radius 2 is 1.77 bits per heavy atom. The van der Waals surface area contributed by atoms with Crippen LogP contribution in [0.1, 0.15) is 54.8 Å². The monoisotopic (exact) mass is 473 g/mol. The Balaban J connectivity index is 1.99. The van der Waals surface area contributed by atoms with Crippen LogP contribution < -0.4 is 0 Å². The molecule has 0 spiro atoms. The van der Waals surface area contributed by atoms with Crippen molar-refractivity contribution in [2.24, 2.45) is 0 Å². The molecule has 1 saturated heterocycles. The molecule has 2 aromatic carbocycles. The second kappa shape index (κ2) is 9.00. The van der Waals surface area contributed by atoms with Crippen LogP contribution in [-0.2, 0) is 15.0 Å². The zero-order chi connectivity index (χ0) is 25.7. The van der Waals surface area contributed by atoms with E-state index in [0.29, 0.717) is 18.7 Å². The molecule has 0 radical (unpaired) electrons. The maximum atomic E-state index is 13.5. The van der Waals surface area contributed by atoms with Gasteiger partial charge in [-0.3, -0.25) is 9.59 Å². The minimum Gasteiger partial charge on any atom is -0.507 e. The summed E-state index contributed by atoms with van der Waals surface area (Å²) in [6, 6.07) is 13.1. The van der Waals surface area contributed by atoms with Gasteiger partial charge >= 0.3 is 0 Å². The summed E-state index contributed by atoms with van der Waals surface area (Å²) in [4.78, 5) is 33.8. The van der Waals surface area contributed by atoms with Crippen molar-refractivity contribution in [1.82, 2.24) is 14.8 Å². The summed E-state index contributed by atoms with van der Waals surface area (Å²) < 4.78 is 0. The highest BCUT2D eigenvalue weighted by Gasteiger charge is 2.47. The van der Waals surface area contributed by atoms with E-state index in [4.69, 9.17) is 0 Å². The molecule has 4 rings (SSSR count). The Morgan fingerprint density at radius 3 is 2.43 bits per heavy atom. The van der Waals surface area contributed by atoms with E-state index < -0.39 is 17.7 Å². The number of aryl methyl sites for hydroxylation is 2. The van der Waals surface area contributed by atoms with E-state index in [0.717, 1.165) is 33.3 Å². The Morgan fingerprint density at radius 1 is 1.09 bits per heavy atom. The predicted octanol–water partition coefficient (Wildman–Crippen LogP) is 5.07. The lowest BCUT2D eigenvalue weighted by Crippen LogP contribution is -2.35. The number of para-hydroxylation sites is 1. The number of likely N-dealkylation sites (N-methyl/N-ethyl adjacent to an activating group) is 1. The van der Waals surface area contributed by atoms with Gasteiger partial charge in [0, 0.05) is 40.8 Å². The molecule has 0 bridgehead atoms. The normalized spacial score (nSPS) is 18.3. The third-order valence-corrected chi connectivity index (χ3v) is 6.90. The van der Waals surface area contributed by atoms with E-state index in [1.54, 1.807) is 4.90 Å². The number of aliphatic hydroxyl groups is 1. The summed E-state index contributed by atoms with van der Waals surface area (Å²) in [5, 5.41) is 12.6. The fraction of sp³-hybridized carbons (Fsp3) is 0.379. The van der Waals surface area contributed by atoms with Gasteiger partial charge in [0.2, 0.25) is 0 Å². The zero-order valence-electron chi connectivity index (χ0n) is 21.7. The van der Waals surface area contributed by atoms with E-state index in [-0.39, 0.29) is 16.7 Å². The number of ketones is 1. The first-order valence-electron chi connectivity index (χ1n) is 12.0. The number of aliphatic hydroxyl groups excluding tert-OH is 1. The lowest BCUT2D eigenvalue weighted by Gasteiger charge is -2.27. The van der Waals surface area contributed by atoms with Crippen molar-refractivity contribution in [2.45, 2.75) is 46.1 Å². The summed E-state index contributed by atoms with van der Waals surface area (Å²) in [6.07, 6.45) is 0. The molecule has 0 saturated carbocycles. The van der Waals surface area contributed by atoms with Gasteiger partial charge < -0.3 is 19.9 Å². The molecule has 6 nitrogen and oxygen atoms in total. The molecule has 3 aromatic rings. The van der Waals surface area contributed by atoms with Gasteiger partial charge in [-0.05, 0) is 56.6 Å². The minimum absolute atomic E-state index is 0.117. The molecule has 1 aliphatic heterocycles. The standard InChI is InChI=1S/C29H35N3O3/c1-17-12-13-19(29(3,4)5)16-21(17)26(33)24-25(32(15-14-31(6)7)28(35)27(24)34)23-18(2)30-22-11-9-8-10-20(22)23/h8-13,16,25,30,33H,14-15H2,1-7H3/b26-24+. The maximum absolute atomic E-state index is 13.5. The fourth-order valence-corrected chi connectivity index (χ4v) is 4.86. The Labute approximate surface area is 207 Å². The highest BCUT2D eigenvalue weighted by atomic mass is 16.3. The van der Waals surface area contributed by atoms with Crippen molar-refractivity contribution in [3.63, 3.8) is 0 Å². The Hall–Kier alpha value is -3.38. The first-order valence-corrected chi connectivity index (χ1v) is 12.0. The van der Waals surface area contributed by atoms with Crippen LogP contribution in [0.25, 0.3) is 16.7 Å². The first kappa shape index (κ1) is 24.7. The average molecular weight is 474 g/mol. The molecule has 2 heterocycles. The van der Waals surface area contributed by atoms with Gasteiger partial charge in [-0.2, -0.15) is 0 Å². The summed E-state index contributed by atoms with van der Waals surface area (Å²) in [6.45, 7) is 11.2. The van der Waals surface area contributed by atoms with Crippen LogP contribution in [-0.4, -0.2) is 58.8 Å². The van der Waals surface area contributed by atoms with Crippen LogP contribution in [0.4, 0.5) is 0 Å². The third-order valence-electron chi connectivity index (χ3n) is 6.90. The number of Topliss-reactive ketones (excluding diaryl/α,β-unsaturated/α-hetero) is 1. The number of carbonyl (C=O) groups is 2. The molecule has 6 heteroatoms. The molecule has 1 aliphatic rings. The molecule has 1 fully saturated rings. The van der Waals surface area contributed by atoms with Crippen molar-refractivity contribution >= 4 is 28.4 Å². The van der Waals surface area contributed by atoms with Crippen molar-refractivity contribution in [1.29, 1.82) is 0 Å². The third kappa shape index (κ3) is 4.39. The van der Waals surface area contributed by atoms with E-state index in [2.05, 4.69) is 25.8 Å². The highest BCUT2D eigenvalue weighted by molar-refractivity contribution is 6.46.